The van der Waals surface area contributed by atoms with Crippen LogP contribution in [0.2, 0.25) is 0 Å². The van der Waals surface area contributed by atoms with Crippen molar-refractivity contribution < 1.29 is 9.47 Å². The van der Waals surface area contributed by atoms with Crippen molar-refractivity contribution in [3.05, 3.63) is 15.9 Å². The normalized spacial score (nSPS) is 24.8. The van der Waals surface area contributed by atoms with E-state index in [1.54, 1.807) is 0 Å². The molecule has 0 aliphatic carbocycles. The van der Waals surface area contributed by atoms with Gasteiger partial charge in [-0.2, -0.15) is 4.98 Å². The van der Waals surface area contributed by atoms with Crippen LogP contribution in [0.1, 0.15) is 17.9 Å². The minimum Gasteiger partial charge on any atom is -0.383 e. The number of hydrogen-bond donors (Lipinski definition) is 3. The Morgan fingerprint density at radius 1 is 1.56 bits per heavy atom. The summed E-state index contributed by atoms with van der Waals surface area (Å²) < 4.78 is 10.4. The first kappa shape index (κ1) is 10.9. The monoisotopic (exact) mass is 226 g/mol. The van der Waals surface area contributed by atoms with Gasteiger partial charge in [0.25, 0.3) is 5.56 Å². The molecule has 2 heterocycles. The second-order valence-corrected chi connectivity index (χ2v) is 3.62. The number of nitrogens with two attached hydrogens (primary N) is 2. The highest BCUT2D eigenvalue weighted by molar-refractivity contribution is 5.44. The molecule has 1 aliphatic heterocycles. The zero-order valence-electron chi connectivity index (χ0n) is 8.90. The smallest absolute Gasteiger partial charge is 0.258 e. The first-order valence-corrected chi connectivity index (χ1v) is 4.93. The van der Waals surface area contributed by atoms with Gasteiger partial charge in [0.15, 0.2) is 6.29 Å². The Balaban J connectivity index is 2.44. The van der Waals surface area contributed by atoms with Crippen LogP contribution in [0.3, 0.4) is 0 Å². The fraction of sp³-hybridized carbons (Fsp3) is 0.556. The highest BCUT2D eigenvalue weighted by Gasteiger charge is 2.33. The summed E-state index contributed by atoms with van der Waals surface area (Å²) in [6, 6.07) is 0. The number of anilines is 2. The number of nitrogen functional groups attached to an aromatic ring is 2. The number of nitrogens with zero attached hydrogens (tertiary/aromatic N) is 1. The second-order valence-electron chi connectivity index (χ2n) is 3.62. The summed E-state index contributed by atoms with van der Waals surface area (Å²) in [7, 11) is 1.53. The van der Waals surface area contributed by atoms with Crippen molar-refractivity contribution in [2.75, 3.05) is 25.2 Å². The summed E-state index contributed by atoms with van der Waals surface area (Å²) in [5, 5.41) is 0. The van der Waals surface area contributed by atoms with Gasteiger partial charge in [-0.25, -0.2) is 0 Å². The quantitative estimate of drug-likeness (QED) is 0.620. The van der Waals surface area contributed by atoms with Crippen LogP contribution >= 0.6 is 0 Å². The summed E-state index contributed by atoms with van der Waals surface area (Å²) in [6.07, 6.45) is 0.228. The predicted molar refractivity (Wildman–Crippen MR) is 57.8 cm³/mol. The number of ether oxygens (including phenoxy) is 2. The van der Waals surface area contributed by atoms with Crippen molar-refractivity contribution in [3.8, 4) is 0 Å². The molecule has 1 fully saturated rings. The van der Waals surface area contributed by atoms with Crippen LogP contribution in [-0.4, -0.2) is 30.0 Å². The predicted octanol–water partition coefficient (Wildman–Crippen LogP) is -0.589. The summed E-state index contributed by atoms with van der Waals surface area (Å²) >= 11 is 0. The first-order chi connectivity index (χ1) is 7.63. The molecule has 0 spiro atoms. The van der Waals surface area contributed by atoms with Crippen molar-refractivity contribution in [2.45, 2.75) is 18.6 Å². The van der Waals surface area contributed by atoms with Crippen molar-refractivity contribution in [1.29, 1.82) is 0 Å². The van der Waals surface area contributed by atoms with E-state index in [1.807, 2.05) is 0 Å². The average Bonchev–Trinajstić information content (AvgIpc) is 2.64. The van der Waals surface area contributed by atoms with Crippen LogP contribution in [0.4, 0.5) is 11.8 Å². The SMILES string of the molecule is COC1OCCC1c1c(N)nc(N)[nH]c1=O. The zero-order valence-corrected chi connectivity index (χ0v) is 8.90. The Morgan fingerprint density at radius 2 is 2.31 bits per heavy atom. The van der Waals surface area contributed by atoms with E-state index in [9.17, 15) is 4.79 Å². The lowest BCUT2D eigenvalue weighted by Gasteiger charge is -2.17. The molecule has 2 atom stereocenters. The van der Waals surface area contributed by atoms with Crippen molar-refractivity contribution >= 4 is 11.8 Å². The number of methoxy groups -OCH3 is 1. The third-order valence-electron chi connectivity index (χ3n) is 2.65. The highest BCUT2D eigenvalue weighted by atomic mass is 16.7. The lowest BCUT2D eigenvalue weighted by Crippen LogP contribution is -2.27. The van der Waals surface area contributed by atoms with Crippen molar-refractivity contribution in [2.24, 2.45) is 0 Å². The minimum absolute atomic E-state index is 0.0131. The maximum Gasteiger partial charge on any atom is 0.258 e. The van der Waals surface area contributed by atoms with E-state index in [2.05, 4.69) is 9.97 Å². The lowest BCUT2D eigenvalue weighted by atomic mass is 9.99. The lowest BCUT2D eigenvalue weighted by molar-refractivity contribution is -0.0964. The van der Waals surface area contributed by atoms with Gasteiger partial charge in [0.1, 0.15) is 5.82 Å². The molecule has 5 N–H and O–H groups in total. The van der Waals surface area contributed by atoms with Crippen LogP contribution in [-0.2, 0) is 9.47 Å². The molecule has 0 radical (unpaired) electrons. The number of hydrogen-bond acceptors (Lipinski definition) is 6. The van der Waals surface area contributed by atoms with Gasteiger partial charge in [-0.05, 0) is 6.42 Å². The Labute approximate surface area is 91.8 Å². The van der Waals surface area contributed by atoms with E-state index in [-0.39, 0.29) is 23.2 Å². The van der Waals surface area contributed by atoms with E-state index >= 15 is 0 Å². The summed E-state index contributed by atoms with van der Waals surface area (Å²) in [5.74, 6) is -0.0419. The molecule has 2 unspecified atom stereocenters. The van der Waals surface area contributed by atoms with E-state index in [0.29, 0.717) is 18.6 Å². The molecule has 0 aromatic carbocycles. The maximum atomic E-state index is 11.7. The fourth-order valence-electron chi connectivity index (χ4n) is 1.95. The summed E-state index contributed by atoms with van der Waals surface area (Å²) in [6.45, 7) is 0.534. The fourth-order valence-corrected chi connectivity index (χ4v) is 1.95. The molecule has 7 nitrogen and oxygen atoms in total. The minimum atomic E-state index is -0.450. The van der Waals surface area contributed by atoms with E-state index in [4.69, 9.17) is 20.9 Å². The zero-order chi connectivity index (χ0) is 11.7. The average molecular weight is 226 g/mol. The van der Waals surface area contributed by atoms with Crippen molar-refractivity contribution in [3.63, 3.8) is 0 Å². The van der Waals surface area contributed by atoms with Gasteiger partial charge in [-0.15, -0.1) is 0 Å². The molecule has 16 heavy (non-hydrogen) atoms. The molecule has 88 valence electrons. The Hall–Kier alpha value is -1.60. The van der Waals surface area contributed by atoms with Gasteiger partial charge in [-0.1, -0.05) is 0 Å². The van der Waals surface area contributed by atoms with Gasteiger partial charge in [-0.3, -0.25) is 9.78 Å². The Morgan fingerprint density at radius 3 is 2.94 bits per heavy atom. The van der Waals surface area contributed by atoms with Gasteiger partial charge in [0.05, 0.1) is 12.2 Å². The number of aromatic amines is 1. The molecular weight excluding hydrogens is 212 g/mol. The van der Waals surface area contributed by atoms with Gasteiger partial charge in [0, 0.05) is 13.0 Å². The second kappa shape index (κ2) is 4.11. The van der Waals surface area contributed by atoms with Crippen LogP contribution in [0, 0.1) is 0 Å². The van der Waals surface area contributed by atoms with Crippen LogP contribution in [0.15, 0.2) is 4.79 Å². The molecular formula is C9H14N4O3. The molecule has 2 rings (SSSR count). The number of nitrogens with one attached hydrogen (secondary N) is 1. The number of aromatic nitrogens is 2. The van der Waals surface area contributed by atoms with Gasteiger partial charge < -0.3 is 20.9 Å². The number of rotatable bonds is 2. The maximum absolute atomic E-state index is 11.7. The third kappa shape index (κ3) is 1.74. The topological polar surface area (TPSA) is 116 Å². The highest BCUT2D eigenvalue weighted by Crippen LogP contribution is 2.31. The van der Waals surface area contributed by atoms with E-state index < -0.39 is 6.29 Å². The molecule has 1 aromatic heterocycles. The van der Waals surface area contributed by atoms with Crippen LogP contribution < -0.4 is 17.0 Å². The molecule has 7 heteroatoms. The number of H-pyrrole nitrogens is 1. The van der Waals surface area contributed by atoms with E-state index in [1.165, 1.54) is 7.11 Å². The van der Waals surface area contributed by atoms with Crippen molar-refractivity contribution in [1.82, 2.24) is 9.97 Å². The molecule has 1 saturated heterocycles. The van der Waals surface area contributed by atoms with Crippen LogP contribution in [0.25, 0.3) is 0 Å². The van der Waals surface area contributed by atoms with Gasteiger partial charge >= 0.3 is 0 Å². The molecule has 0 bridgehead atoms. The van der Waals surface area contributed by atoms with Gasteiger partial charge in [0.2, 0.25) is 5.95 Å². The standard InChI is InChI=1S/C9H14N4O3/c1-15-8-4(2-3-16-8)5-6(10)12-9(11)13-7(5)14/h4,8H,2-3H2,1H3,(H5,10,11,12,13,14). The van der Waals surface area contributed by atoms with Crippen LogP contribution in [0.5, 0.6) is 0 Å². The van der Waals surface area contributed by atoms with E-state index in [0.717, 1.165) is 0 Å². The summed E-state index contributed by atoms with van der Waals surface area (Å²) in [4.78, 5) is 18.0. The molecule has 1 aromatic rings. The molecule has 0 saturated carbocycles. The molecule has 0 amide bonds. The Bertz CT molecular complexity index is 445. The first-order valence-electron chi connectivity index (χ1n) is 4.93. The summed E-state index contributed by atoms with van der Waals surface area (Å²) in [5.41, 5.74) is 11.1. The largest absolute Gasteiger partial charge is 0.383 e. The molecule has 1 aliphatic rings. The third-order valence-corrected chi connectivity index (χ3v) is 2.65. The Kier molecular flexibility index (Phi) is 2.80.